The number of nitrogens with one attached hydrogen (secondary N) is 1. The number of rotatable bonds is 3. The Kier molecular flexibility index (Phi) is 3.75. The number of nitrogen functional groups attached to an aromatic ring is 1. The Hall–Kier alpha value is -2.02. The van der Waals surface area contributed by atoms with Gasteiger partial charge in [0.15, 0.2) is 5.13 Å². The molecular weight excluding hydrogens is 272 g/mol. The summed E-state index contributed by atoms with van der Waals surface area (Å²) < 4.78 is 27.1. The van der Waals surface area contributed by atoms with E-state index in [1.165, 1.54) is 18.4 Å². The van der Waals surface area contributed by atoms with Gasteiger partial charge in [0.25, 0.3) is 5.91 Å². The summed E-state index contributed by atoms with van der Waals surface area (Å²) in [6.45, 7) is 1.50. The molecule has 0 aliphatic heterocycles. The van der Waals surface area contributed by atoms with Gasteiger partial charge in [-0.1, -0.05) is 6.07 Å². The van der Waals surface area contributed by atoms with Crippen LogP contribution in [0.3, 0.4) is 0 Å². The molecule has 2 rings (SSSR count). The van der Waals surface area contributed by atoms with Gasteiger partial charge in [-0.05, 0) is 19.1 Å². The molecular formula is C12H11F2N3OS. The molecule has 0 aliphatic rings. The highest BCUT2D eigenvalue weighted by Crippen LogP contribution is 2.21. The van der Waals surface area contributed by atoms with E-state index in [2.05, 4.69) is 10.3 Å². The lowest BCUT2D eigenvalue weighted by atomic mass is 10.1. The number of aromatic nitrogens is 1. The summed E-state index contributed by atoms with van der Waals surface area (Å²) in [7, 11) is 0. The summed E-state index contributed by atoms with van der Waals surface area (Å²) in [6.07, 6.45) is 0. The summed E-state index contributed by atoms with van der Waals surface area (Å²) in [5, 5.41) is 4.22. The van der Waals surface area contributed by atoms with E-state index in [9.17, 15) is 13.6 Å². The van der Waals surface area contributed by atoms with Crippen LogP contribution in [0.2, 0.25) is 0 Å². The zero-order valence-electron chi connectivity index (χ0n) is 9.98. The van der Waals surface area contributed by atoms with Crippen molar-refractivity contribution in [2.75, 3.05) is 5.73 Å². The van der Waals surface area contributed by atoms with Crippen molar-refractivity contribution in [3.8, 4) is 0 Å². The Morgan fingerprint density at radius 1 is 1.42 bits per heavy atom. The molecule has 1 unspecified atom stereocenters. The van der Waals surface area contributed by atoms with Crippen LogP contribution in [0.25, 0.3) is 0 Å². The van der Waals surface area contributed by atoms with Gasteiger partial charge in [0.2, 0.25) is 0 Å². The van der Waals surface area contributed by atoms with Gasteiger partial charge in [-0.25, -0.2) is 13.8 Å². The number of hydrogen-bond donors (Lipinski definition) is 2. The van der Waals surface area contributed by atoms with Crippen LogP contribution >= 0.6 is 11.3 Å². The molecule has 7 heteroatoms. The summed E-state index contributed by atoms with van der Waals surface area (Å²) in [5.74, 6) is -1.93. The second-order valence-corrected chi connectivity index (χ2v) is 4.79. The van der Waals surface area contributed by atoms with Crippen LogP contribution < -0.4 is 11.1 Å². The fraction of sp³-hybridized carbons (Fsp3) is 0.167. The van der Waals surface area contributed by atoms with Crippen molar-refractivity contribution in [3.05, 3.63) is 46.5 Å². The van der Waals surface area contributed by atoms with Crippen molar-refractivity contribution < 1.29 is 13.6 Å². The monoisotopic (exact) mass is 283 g/mol. The fourth-order valence-electron chi connectivity index (χ4n) is 1.66. The zero-order chi connectivity index (χ0) is 14.0. The van der Waals surface area contributed by atoms with Crippen molar-refractivity contribution in [2.45, 2.75) is 13.0 Å². The van der Waals surface area contributed by atoms with Gasteiger partial charge in [-0.2, -0.15) is 0 Å². The molecule has 0 saturated carbocycles. The van der Waals surface area contributed by atoms with Crippen LogP contribution in [0, 0.1) is 11.6 Å². The van der Waals surface area contributed by atoms with Crippen LogP contribution in [0.4, 0.5) is 13.9 Å². The molecule has 0 aliphatic carbocycles. The molecule has 3 N–H and O–H groups in total. The summed E-state index contributed by atoms with van der Waals surface area (Å²) in [5.41, 5.74) is 5.36. The van der Waals surface area contributed by atoms with E-state index in [0.29, 0.717) is 0 Å². The Labute approximate surface area is 112 Å². The predicted molar refractivity (Wildman–Crippen MR) is 68.8 cm³/mol. The molecule has 2 aromatic rings. The summed E-state index contributed by atoms with van der Waals surface area (Å²) in [6, 6.07) is 2.74. The van der Waals surface area contributed by atoms with Gasteiger partial charge in [-0.3, -0.25) is 4.79 Å². The van der Waals surface area contributed by atoms with Gasteiger partial charge in [0, 0.05) is 10.9 Å². The number of nitrogens with zero attached hydrogens (tertiary/aromatic N) is 1. The van der Waals surface area contributed by atoms with Crippen molar-refractivity contribution in [2.24, 2.45) is 0 Å². The minimum Gasteiger partial charge on any atom is -0.375 e. The third-order valence-corrected chi connectivity index (χ3v) is 3.21. The lowest BCUT2D eigenvalue weighted by molar-refractivity contribution is 0.0934. The van der Waals surface area contributed by atoms with E-state index >= 15 is 0 Å². The molecule has 1 aromatic carbocycles. The normalized spacial score (nSPS) is 12.2. The highest BCUT2D eigenvalue weighted by Gasteiger charge is 2.19. The van der Waals surface area contributed by atoms with E-state index < -0.39 is 23.6 Å². The molecule has 0 saturated heterocycles. The lowest BCUT2D eigenvalue weighted by Gasteiger charge is -2.15. The Morgan fingerprint density at radius 2 is 2.05 bits per heavy atom. The van der Waals surface area contributed by atoms with Crippen LogP contribution in [-0.4, -0.2) is 10.9 Å². The number of amides is 1. The molecule has 1 atom stereocenters. The molecule has 0 bridgehead atoms. The summed E-state index contributed by atoms with van der Waals surface area (Å²) >= 11 is 1.12. The quantitative estimate of drug-likeness (QED) is 0.909. The number of carbonyl (C=O) groups is 1. The van der Waals surface area contributed by atoms with E-state index in [4.69, 9.17) is 5.73 Å². The number of hydrogen-bond acceptors (Lipinski definition) is 4. The Bertz CT molecular complexity index is 595. The number of nitrogens with two attached hydrogens (primary N) is 1. The average Bonchev–Trinajstić information content (AvgIpc) is 2.75. The second-order valence-electron chi connectivity index (χ2n) is 3.90. The standard InChI is InChI=1S/C12H11F2N3OS/c1-6(10-7(13)3-2-4-8(10)14)16-11(18)9-5-19-12(15)17-9/h2-6H,1H3,(H2,15,17)(H,16,18). The summed E-state index contributed by atoms with van der Waals surface area (Å²) in [4.78, 5) is 15.6. The molecule has 0 radical (unpaired) electrons. The van der Waals surface area contributed by atoms with Crippen molar-refractivity contribution >= 4 is 22.4 Å². The maximum Gasteiger partial charge on any atom is 0.271 e. The van der Waals surface area contributed by atoms with Gasteiger partial charge < -0.3 is 11.1 Å². The molecule has 0 fully saturated rings. The minimum absolute atomic E-state index is 0.131. The van der Waals surface area contributed by atoms with Gasteiger partial charge in [-0.15, -0.1) is 11.3 Å². The first-order valence-electron chi connectivity index (χ1n) is 5.45. The number of thiazole rings is 1. The predicted octanol–water partition coefficient (Wildman–Crippen LogP) is 2.49. The van der Waals surface area contributed by atoms with Gasteiger partial charge in [0.1, 0.15) is 17.3 Å². The third-order valence-electron chi connectivity index (χ3n) is 2.53. The smallest absolute Gasteiger partial charge is 0.271 e. The average molecular weight is 283 g/mol. The first-order valence-corrected chi connectivity index (χ1v) is 6.32. The van der Waals surface area contributed by atoms with Crippen molar-refractivity contribution in [3.63, 3.8) is 0 Å². The van der Waals surface area contributed by atoms with E-state index in [1.54, 1.807) is 0 Å². The zero-order valence-corrected chi connectivity index (χ0v) is 10.8. The molecule has 100 valence electrons. The SMILES string of the molecule is CC(NC(=O)c1csc(N)n1)c1c(F)cccc1F. The van der Waals surface area contributed by atoms with Crippen LogP contribution in [-0.2, 0) is 0 Å². The molecule has 19 heavy (non-hydrogen) atoms. The minimum atomic E-state index is -0.809. The van der Waals surface area contributed by atoms with Crippen LogP contribution in [0.15, 0.2) is 23.6 Å². The fourth-order valence-corrected chi connectivity index (χ4v) is 2.20. The number of benzene rings is 1. The Balaban J connectivity index is 2.17. The number of anilines is 1. The molecule has 0 spiro atoms. The molecule has 1 aromatic heterocycles. The highest BCUT2D eigenvalue weighted by molar-refractivity contribution is 7.13. The first-order chi connectivity index (χ1) is 8.99. The van der Waals surface area contributed by atoms with Crippen LogP contribution in [0.1, 0.15) is 29.0 Å². The highest BCUT2D eigenvalue weighted by atomic mass is 32.1. The maximum absolute atomic E-state index is 13.5. The van der Waals surface area contributed by atoms with E-state index in [1.807, 2.05) is 0 Å². The molecule has 4 nitrogen and oxygen atoms in total. The largest absolute Gasteiger partial charge is 0.375 e. The Morgan fingerprint density at radius 3 is 2.58 bits per heavy atom. The van der Waals surface area contributed by atoms with Gasteiger partial charge in [0.05, 0.1) is 6.04 Å². The second kappa shape index (κ2) is 5.31. The van der Waals surface area contributed by atoms with E-state index in [-0.39, 0.29) is 16.4 Å². The molecule has 1 heterocycles. The topological polar surface area (TPSA) is 68.0 Å². The number of halogens is 2. The lowest BCUT2D eigenvalue weighted by Crippen LogP contribution is -2.28. The van der Waals surface area contributed by atoms with Crippen LogP contribution in [0.5, 0.6) is 0 Å². The first kappa shape index (κ1) is 13.4. The van der Waals surface area contributed by atoms with E-state index in [0.717, 1.165) is 23.5 Å². The van der Waals surface area contributed by atoms with Crippen molar-refractivity contribution in [1.82, 2.24) is 10.3 Å². The van der Waals surface area contributed by atoms with Gasteiger partial charge >= 0.3 is 0 Å². The maximum atomic E-state index is 13.5. The third kappa shape index (κ3) is 2.87. The molecule has 1 amide bonds. The van der Waals surface area contributed by atoms with Crippen molar-refractivity contribution in [1.29, 1.82) is 0 Å². The number of carbonyl (C=O) groups excluding carboxylic acids is 1.